The fourth-order valence-corrected chi connectivity index (χ4v) is 4.45. The Balaban J connectivity index is 2.01. The van der Waals surface area contributed by atoms with Gasteiger partial charge in [-0.1, -0.05) is 32.0 Å². The summed E-state index contributed by atoms with van der Waals surface area (Å²) in [5.41, 5.74) is 0.885. The maximum atomic E-state index is 13.2. The first-order valence-electron chi connectivity index (χ1n) is 11.2. The summed E-state index contributed by atoms with van der Waals surface area (Å²) in [4.78, 5) is 12.5. The van der Waals surface area contributed by atoms with Crippen molar-refractivity contribution in [3.8, 4) is 23.1 Å². The number of sulfonamides is 2. The Labute approximate surface area is 216 Å². The van der Waals surface area contributed by atoms with E-state index in [0.717, 1.165) is 11.8 Å². The standard InChI is InChI=1S/C23H29N5O7S2/c1-15(2)17-10-11-20(24-14-17)37(31,32)28-22-21(35-19-9-7-6-8-18(19)33-4)23(27-16(3)26-22)34-13-12-25-36(5,29)30/h6-11,14-15,25H,12-13H2,1-5H3,(H,26,27,28). The van der Waals surface area contributed by atoms with Gasteiger partial charge in [0.25, 0.3) is 15.9 Å². The third-order valence-corrected chi connectivity index (χ3v) is 6.85. The van der Waals surface area contributed by atoms with Crippen molar-refractivity contribution >= 4 is 25.9 Å². The molecule has 0 saturated carbocycles. The summed E-state index contributed by atoms with van der Waals surface area (Å²) in [7, 11) is -6.15. The molecule has 0 fully saturated rings. The topological polar surface area (TPSA) is 159 Å². The van der Waals surface area contributed by atoms with Crippen LogP contribution in [0.15, 0.2) is 47.6 Å². The Morgan fingerprint density at radius 1 is 1.00 bits per heavy atom. The molecule has 2 N–H and O–H groups in total. The van der Waals surface area contributed by atoms with Crippen LogP contribution in [0.2, 0.25) is 0 Å². The van der Waals surface area contributed by atoms with Gasteiger partial charge < -0.3 is 14.2 Å². The van der Waals surface area contributed by atoms with Crippen molar-refractivity contribution in [2.45, 2.75) is 31.7 Å². The summed E-state index contributed by atoms with van der Waals surface area (Å²) >= 11 is 0. The normalized spacial score (nSPS) is 11.8. The largest absolute Gasteiger partial charge is 0.493 e. The summed E-state index contributed by atoms with van der Waals surface area (Å²) in [6.07, 6.45) is 2.52. The average molecular weight is 552 g/mol. The van der Waals surface area contributed by atoms with E-state index in [9.17, 15) is 16.8 Å². The number of anilines is 1. The second-order valence-electron chi connectivity index (χ2n) is 8.21. The number of benzene rings is 1. The van der Waals surface area contributed by atoms with Gasteiger partial charge in [0.1, 0.15) is 12.4 Å². The monoisotopic (exact) mass is 551 g/mol. The van der Waals surface area contributed by atoms with E-state index in [2.05, 4.69) is 24.4 Å². The number of aryl methyl sites for hydroxylation is 1. The van der Waals surface area contributed by atoms with Crippen LogP contribution in [-0.4, -0.2) is 58.3 Å². The number of rotatable bonds is 12. The molecule has 2 heterocycles. The lowest BCUT2D eigenvalue weighted by Crippen LogP contribution is -2.27. The van der Waals surface area contributed by atoms with Crippen LogP contribution >= 0.6 is 0 Å². The molecule has 0 saturated heterocycles. The van der Waals surface area contributed by atoms with Gasteiger partial charge in [0.2, 0.25) is 15.8 Å². The molecular weight excluding hydrogens is 522 g/mol. The van der Waals surface area contributed by atoms with Gasteiger partial charge in [0, 0.05) is 12.7 Å². The van der Waals surface area contributed by atoms with Gasteiger partial charge in [-0.3, -0.25) is 4.72 Å². The lowest BCUT2D eigenvalue weighted by Gasteiger charge is -2.17. The van der Waals surface area contributed by atoms with E-state index in [1.165, 1.54) is 19.4 Å². The van der Waals surface area contributed by atoms with Crippen LogP contribution in [-0.2, 0) is 20.0 Å². The first kappa shape index (κ1) is 28.1. The minimum atomic E-state index is -4.17. The van der Waals surface area contributed by atoms with E-state index < -0.39 is 20.0 Å². The molecule has 0 aliphatic rings. The summed E-state index contributed by atoms with van der Waals surface area (Å²) in [5, 5.41) is -0.212. The van der Waals surface area contributed by atoms with Gasteiger partial charge in [-0.15, -0.1) is 0 Å². The van der Waals surface area contributed by atoms with E-state index in [1.807, 2.05) is 13.8 Å². The molecule has 0 aliphatic carbocycles. The molecule has 14 heteroatoms. The molecule has 0 atom stereocenters. The fourth-order valence-electron chi connectivity index (χ4n) is 3.06. The van der Waals surface area contributed by atoms with Gasteiger partial charge in [-0.05, 0) is 36.6 Å². The molecule has 200 valence electrons. The molecule has 0 spiro atoms. The lowest BCUT2D eigenvalue weighted by atomic mass is 10.1. The van der Waals surface area contributed by atoms with Crippen LogP contribution in [0.4, 0.5) is 5.82 Å². The number of nitrogens with zero attached hydrogens (tertiary/aromatic N) is 3. The molecule has 0 unspecified atom stereocenters. The van der Waals surface area contributed by atoms with E-state index in [1.54, 1.807) is 37.3 Å². The highest BCUT2D eigenvalue weighted by Crippen LogP contribution is 2.40. The zero-order valence-electron chi connectivity index (χ0n) is 21.0. The van der Waals surface area contributed by atoms with Gasteiger partial charge in [0.05, 0.1) is 13.4 Å². The van der Waals surface area contributed by atoms with Crippen LogP contribution in [0.5, 0.6) is 23.1 Å². The summed E-state index contributed by atoms with van der Waals surface area (Å²) in [6, 6.07) is 9.80. The van der Waals surface area contributed by atoms with Crippen LogP contribution in [0.1, 0.15) is 31.2 Å². The summed E-state index contributed by atoms with van der Waals surface area (Å²) in [5.74, 6) is 0.535. The van der Waals surface area contributed by atoms with E-state index in [0.29, 0.717) is 5.75 Å². The SMILES string of the molecule is COc1ccccc1Oc1c(NS(=O)(=O)c2ccc(C(C)C)cn2)nc(C)nc1OCCNS(C)(=O)=O. The van der Waals surface area contributed by atoms with Gasteiger partial charge in [-0.25, -0.2) is 23.1 Å². The van der Waals surface area contributed by atoms with Crippen LogP contribution < -0.4 is 23.7 Å². The zero-order chi connectivity index (χ0) is 27.2. The molecule has 3 rings (SSSR count). The maximum absolute atomic E-state index is 13.2. The van der Waals surface area contributed by atoms with E-state index in [-0.39, 0.29) is 53.1 Å². The number of hydrogen-bond donors (Lipinski definition) is 2. The molecule has 1 aromatic carbocycles. The molecule has 0 amide bonds. The Kier molecular flexibility index (Phi) is 8.89. The van der Waals surface area contributed by atoms with E-state index in [4.69, 9.17) is 14.2 Å². The predicted octanol–water partition coefficient (Wildman–Crippen LogP) is 2.83. The van der Waals surface area contributed by atoms with Crippen molar-refractivity contribution in [1.29, 1.82) is 0 Å². The Morgan fingerprint density at radius 2 is 1.70 bits per heavy atom. The molecule has 0 bridgehead atoms. The maximum Gasteiger partial charge on any atom is 0.280 e. The van der Waals surface area contributed by atoms with Crippen molar-refractivity contribution in [1.82, 2.24) is 19.7 Å². The second-order valence-corrected chi connectivity index (χ2v) is 11.7. The second kappa shape index (κ2) is 11.7. The Hall–Kier alpha value is -3.49. The van der Waals surface area contributed by atoms with Gasteiger partial charge in [-0.2, -0.15) is 13.4 Å². The number of methoxy groups -OCH3 is 1. The van der Waals surface area contributed by atoms with Crippen molar-refractivity contribution in [3.63, 3.8) is 0 Å². The molecule has 0 radical (unpaired) electrons. The Morgan fingerprint density at radius 3 is 2.30 bits per heavy atom. The highest BCUT2D eigenvalue weighted by Gasteiger charge is 2.25. The minimum Gasteiger partial charge on any atom is -0.493 e. The number of aromatic nitrogens is 3. The Bertz CT molecular complexity index is 1440. The molecule has 37 heavy (non-hydrogen) atoms. The van der Waals surface area contributed by atoms with Crippen LogP contribution in [0.25, 0.3) is 0 Å². The minimum absolute atomic E-state index is 0.0524. The van der Waals surface area contributed by atoms with Gasteiger partial charge in [0.15, 0.2) is 22.3 Å². The molecule has 0 aliphatic heterocycles. The quantitative estimate of drug-likeness (QED) is 0.321. The first-order chi connectivity index (χ1) is 17.4. The first-order valence-corrected chi connectivity index (χ1v) is 14.5. The highest BCUT2D eigenvalue weighted by atomic mass is 32.2. The predicted molar refractivity (Wildman–Crippen MR) is 137 cm³/mol. The van der Waals surface area contributed by atoms with Gasteiger partial charge >= 0.3 is 0 Å². The van der Waals surface area contributed by atoms with Crippen LogP contribution in [0, 0.1) is 6.92 Å². The summed E-state index contributed by atoms with van der Waals surface area (Å²) < 4.78 is 70.8. The highest BCUT2D eigenvalue weighted by molar-refractivity contribution is 7.92. The van der Waals surface area contributed by atoms with Crippen molar-refractivity contribution in [3.05, 3.63) is 54.0 Å². The lowest BCUT2D eigenvalue weighted by molar-refractivity contribution is 0.291. The third-order valence-electron chi connectivity index (χ3n) is 4.86. The van der Waals surface area contributed by atoms with E-state index >= 15 is 0 Å². The fraction of sp³-hybridized carbons (Fsp3) is 0.348. The van der Waals surface area contributed by atoms with Crippen molar-refractivity contribution in [2.75, 3.05) is 31.2 Å². The number of para-hydroxylation sites is 2. The van der Waals surface area contributed by atoms with Crippen molar-refractivity contribution in [2.24, 2.45) is 0 Å². The number of ether oxygens (including phenoxy) is 3. The third kappa shape index (κ3) is 7.74. The molecule has 2 aromatic heterocycles. The molecule has 3 aromatic rings. The van der Waals surface area contributed by atoms with Crippen molar-refractivity contribution < 1.29 is 31.0 Å². The number of hydrogen-bond acceptors (Lipinski definition) is 10. The molecule has 12 nitrogen and oxygen atoms in total. The average Bonchev–Trinajstić information content (AvgIpc) is 2.83. The summed E-state index contributed by atoms with van der Waals surface area (Å²) in [6.45, 7) is 5.32. The van der Waals surface area contributed by atoms with Crippen LogP contribution in [0.3, 0.4) is 0 Å². The smallest absolute Gasteiger partial charge is 0.280 e. The zero-order valence-corrected chi connectivity index (χ0v) is 22.7. The number of nitrogens with one attached hydrogen (secondary N) is 2. The molecular formula is C23H29N5O7S2. The number of pyridine rings is 1.